The lowest BCUT2D eigenvalue weighted by atomic mass is 9.81. The van der Waals surface area contributed by atoms with Gasteiger partial charge in [0.15, 0.2) is 0 Å². The van der Waals surface area contributed by atoms with E-state index in [1.165, 1.54) is 12.8 Å². The molecular formula is C13H25NO. The van der Waals surface area contributed by atoms with Crippen molar-refractivity contribution >= 4 is 5.91 Å². The molecule has 1 amide bonds. The zero-order chi connectivity index (χ0) is 11.4. The topological polar surface area (TPSA) is 20.3 Å². The minimum atomic E-state index is 0.330. The summed E-state index contributed by atoms with van der Waals surface area (Å²) in [5, 5.41) is 0. The summed E-state index contributed by atoms with van der Waals surface area (Å²) in [5.41, 5.74) is 0. The second-order valence-electron chi connectivity index (χ2n) is 5.06. The molecule has 1 aliphatic rings. The van der Waals surface area contributed by atoms with E-state index in [4.69, 9.17) is 0 Å². The van der Waals surface area contributed by atoms with Crippen LogP contribution in [-0.4, -0.2) is 23.9 Å². The highest BCUT2D eigenvalue weighted by Gasteiger charge is 2.31. The number of likely N-dealkylation sites (tertiary alicyclic amines) is 1. The summed E-state index contributed by atoms with van der Waals surface area (Å²) in [5.74, 6) is 2.61. The highest BCUT2D eigenvalue weighted by Crippen LogP contribution is 2.31. The maximum atomic E-state index is 11.6. The van der Waals surface area contributed by atoms with Crippen LogP contribution in [0.25, 0.3) is 0 Å². The van der Waals surface area contributed by atoms with Gasteiger partial charge in [-0.05, 0) is 24.2 Å². The molecule has 2 atom stereocenters. The van der Waals surface area contributed by atoms with Gasteiger partial charge < -0.3 is 4.90 Å². The summed E-state index contributed by atoms with van der Waals surface area (Å²) in [6, 6.07) is 0. The van der Waals surface area contributed by atoms with Gasteiger partial charge in [0, 0.05) is 19.5 Å². The minimum absolute atomic E-state index is 0.330. The Hall–Kier alpha value is -0.530. The van der Waals surface area contributed by atoms with Crippen LogP contribution in [0.1, 0.15) is 47.0 Å². The van der Waals surface area contributed by atoms with Crippen LogP contribution in [0, 0.1) is 17.8 Å². The normalized spacial score (nSPS) is 23.5. The Morgan fingerprint density at radius 3 is 2.53 bits per heavy atom. The number of hydrogen-bond donors (Lipinski definition) is 0. The standard InChI is InChI=1S/C13H25NO/c1-5-12(10(3)4)11-7-8-14(9-11)13(15)6-2/h10-12H,5-9H2,1-4H3. The molecule has 2 nitrogen and oxygen atoms in total. The summed E-state index contributed by atoms with van der Waals surface area (Å²) < 4.78 is 0. The summed E-state index contributed by atoms with van der Waals surface area (Å²) in [6.07, 6.45) is 3.12. The Morgan fingerprint density at radius 2 is 2.07 bits per heavy atom. The molecule has 0 saturated carbocycles. The molecule has 88 valence electrons. The van der Waals surface area contributed by atoms with Crippen LogP contribution in [0.4, 0.5) is 0 Å². The summed E-state index contributed by atoms with van der Waals surface area (Å²) in [6.45, 7) is 10.8. The number of hydrogen-bond acceptors (Lipinski definition) is 1. The highest BCUT2D eigenvalue weighted by atomic mass is 16.2. The van der Waals surface area contributed by atoms with Gasteiger partial charge in [-0.25, -0.2) is 0 Å². The fraction of sp³-hybridized carbons (Fsp3) is 0.923. The van der Waals surface area contributed by atoms with Crippen molar-refractivity contribution in [2.45, 2.75) is 47.0 Å². The number of nitrogens with zero attached hydrogens (tertiary/aromatic N) is 1. The van der Waals surface area contributed by atoms with E-state index < -0.39 is 0 Å². The van der Waals surface area contributed by atoms with Gasteiger partial charge in [-0.15, -0.1) is 0 Å². The van der Waals surface area contributed by atoms with Crippen LogP contribution in [0.15, 0.2) is 0 Å². The Labute approximate surface area is 94.0 Å². The van der Waals surface area contributed by atoms with Crippen LogP contribution in [-0.2, 0) is 4.79 Å². The largest absolute Gasteiger partial charge is 0.342 e. The predicted molar refractivity (Wildman–Crippen MR) is 63.6 cm³/mol. The number of rotatable bonds is 4. The zero-order valence-corrected chi connectivity index (χ0v) is 10.6. The maximum Gasteiger partial charge on any atom is 0.222 e. The van der Waals surface area contributed by atoms with Crippen molar-refractivity contribution in [2.75, 3.05) is 13.1 Å². The van der Waals surface area contributed by atoms with Crippen LogP contribution in [0.2, 0.25) is 0 Å². The molecule has 0 aromatic rings. The molecule has 0 aliphatic carbocycles. The molecule has 0 bridgehead atoms. The Bertz CT molecular complexity index is 213. The summed E-state index contributed by atoms with van der Waals surface area (Å²) in [4.78, 5) is 13.6. The third-order valence-corrected chi connectivity index (χ3v) is 3.81. The van der Waals surface area contributed by atoms with E-state index in [0.717, 1.165) is 30.8 Å². The van der Waals surface area contributed by atoms with E-state index in [9.17, 15) is 4.79 Å². The molecular weight excluding hydrogens is 186 g/mol. The van der Waals surface area contributed by atoms with Gasteiger partial charge in [-0.1, -0.05) is 34.1 Å². The molecule has 0 aromatic heterocycles. The Kier molecular flexibility index (Phi) is 4.62. The third-order valence-electron chi connectivity index (χ3n) is 3.81. The highest BCUT2D eigenvalue weighted by molar-refractivity contribution is 5.76. The fourth-order valence-electron chi connectivity index (χ4n) is 2.94. The maximum absolute atomic E-state index is 11.6. The SMILES string of the molecule is CCC(=O)N1CCC(C(CC)C(C)C)C1. The number of carbonyl (C=O) groups is 1. The van der Waals surface area contributed by atoms with Gasteiger partial charge in [-0.3, -0.25) is 4.79 Å². The molecule has 0 aromatic carbocycles. The van der Waals surface area contributed by atoms with Crippen molar-refractivity contribution in [2.24, 2.45) is 17.8 Å². The molecule has 0 radical (unpaired) electrons. The van der Waals surface area contributed by atoms with E-state index in [1.807, 2.05) is 6.92 Å². The molecule has 1 heterocycles. The minimum Gasteiger partial charge on any atom is -0.342 e. The molecule has 15 heavy (non-hydrogen) atoms. The first kappa shape index (κ1) is 12.5. The molecule has 1 aliphatic heterocycles. The first-order valence-electron chi connectivity index (χ1n) is 6.37. The van der Waals surface area contributed by atoms with Gasteiger partial charge in [0.05, 0.1) is 0 Å². The van der Waals surface area contributed by atoms with Crippen LogP contribution >= 0.6 is 0 Å². The molecule has 2 heteroatoms. The van der Waals surface area contributed by atoms with Crippen molar-refractivity contribution in [1.29, 1.82) is 0 Å². The Balaban J connectivity index is 2.51. The Morgan fingerprint density at radius 1 is 1.40 bits per heavy atom. The van der Waals surface area contributed by atoms with Crippen LogP contribution < -0.4 is 0 Å². The summed E-state index contributed by atoms with van der Waals surface area (Å²) in [7, 11) is 0. The van der Waals surface area contributed by atoms with Crippen LogP contribution in [0.5, 0.6) is 0 Å². The number of amides is 1. The molecule has 2 unspecified atom stereocenters. The van der Waals surface area contributed by atoms with E-state index in [0.29, 0.717) is 12.3 Å². The molecule has 1 saturated heterocycles. The monoisotopic (exact) mass is 211 g/mol. The zero-order valence-electron chi connectivity index (χ0n) is 10.6. The molecule has 1 fully saturated rings. The van der Waals surface area contributed by atoms with Crippen molar-refractivity contribution in [1.82, 2.24) is 4.90 Å². The van der Waals surface area contributed by atoms with E-state index >= 15 is 0 Å². The predicted octanol–water partition coefficient (Wildman–Crippen LogP) is 2.93. The average molecular weight is 211 g/mol. The second kappa shape index (κ2) is 5.53. The second-order valence-corrected chi connectivity index (χ2v) is 5.06. The van der Waals surface area contributed by atoms with Gasteiger partial charge in [0.1, 0.15) is 0 Å². The lowest BCUT2D eigenvalue weighted by Crippen LogP contribution is -2.29. The van der Waals surface area contributed by atoms with Crippen molar-refractivity contribution < 1.29 is 4.79 Å². The molecule has 0 spiro atoms. The molecule has 0 N–H and O–H groups in total. The fourth-order valence-corrected chi connectivity index (χ4v) is 2.94. The van der Waals surface area contributed by atoms with Crippen molar-refractivity contribution in [3.63, 3.8) is 0 Å². The van der Waals surface area contributed by atoms with E-state index in [2.05, 4.69) is 25.7 Å². The average Bonchev–Trinajstić information content (AvgIpc) is 2.66. The van der Waals surface area contributed by atoms with Crippen molar-refractivity contribution in [3.05, 3.63) is 0 Å². The van der Waals surface area contributed by atoms with Gasteiger partial charge >= 0.3 is 0 Å². The van der Waals surface area contributed by atoms with Crippen LogP contribution in [0.3, 0.4) is 0 Å². The van der Waals surface area contributed by atoms with E-state index in [-0.39, 0.29) is 0 Å². The number of carbonyl (C=O) groups excluding carboxylic acids is 1. The lowest BCUT2D eigenvalue weighted by molar-refractivity contribution is -0.130. The van der Waals surface area contributed by atoms with Gasteiger partial charge in [-0.2, -0.15) is 0 Å². The lowest BCUT2D eigenvalue weighted by Gasteiger charge is -2.26. The quantitative estimate of drug-likeness (QED) is 0.700. The smallest absolute Gasteiger partial charge is 0.222 e. The first-order valence-corrected chi connectivity index (χ1v) is 6.37. The van der Waals surface area contributed by atoms with Crippen molar-refractivity contribution in [3.8, 4) is 0 Å². The first-order chi connectivity index (χ1) is 7.10. The van der Waals surface area contributed by atoms with Gasteiger partial charge in [0.25, 0.3) is 0 Å². The third kappa shape index (κ3) is 2.96. The van der Waals surface area contributed by atoms with Gasteiger partial charge in [0.2, 0.25) is 5.91 Å². The molecule has 1 rings (SSSR count). The van der Waals surface area contributed by atoms with E-state index in [1.54, 1.807) is 0 Å². The summed E-state index contributed by atoms with van der Waals surface area (Å²) >= 11 is 0.